The molecule has 96 valence electrons. The van der Waals surface area contributed by atoms with Gasteiger partial charge in [0.1, 0.15) is 0 Å². The number of fused-ring (bicyclic) bond motifs is 1. The third kappa shape index (κ3) is 2.03. The summed E-state index contributed by atoms with van der Waals surface area (Å²) < 4.78 is 0. The van der Waals surface area contributed by atoms with Crippen LogP contribution in [0.15, 0.2) is 12.3 Å². The van der Waals surface area contributed by atoms with Crippen LogP contribution in [0.5, 0.6) is 0 Å². The average molecular weight is 246 g/mol. The fourth-order valence-corrected chi connectivity index (χ4v) is 2.14. The Kier molecular flexibility index (Phi) is 3.20. The largest absolute Gasteiger partial charge is 0.276 e. The highest BCUT2D eigenvalue weighted by Gasteiger charge is 2.33. The quantitative estimate of drug-likeness (QED) is 0.751. The summed E-state index contributed by atoms with van der Waals surface area (Å²) in [4.78, 5) is 29.8. The number of nitrogens with zero attached hydrogens (tertiary/aromatic N) is 2. The molecule has 0 aromatic carbocycles. The first-order valence-electron chi connectivity index (χ1n) is 6.27. The van der Waals surface area contributed by atoms with Gasteiger partial charge in [0, 0.05) is 12.2 Å². The van der Waals surface area contributed by atoms with Gasteiger partial charge in [-0.3, -0.25) is 19.5 Å². The van der Waals surface area contributed by atoms with E-state index in [0.29, 0.717) is 17.2 Å². The molecule has 0 bridgehead atoms. The molecule has 0 atom stereocenters. The minimum absolute atomic E-state index is 0.110. The second-order valence-corrected chi connectivity index (χ2v) is 5.26. The molecule has 0 aliphatic carbocycles. The molecule has 2 rings (SSSR count). The topological polar surface area (TPSA) is 50.3 Å². The monoisotopic (exact) mass is 246 g/mol. The van der Waals surface area contributed by atoms with Crippen LogP contribution < -0.4 is 0 Å². The van der Waals surface area contributed by atoms with Crippen LogP contribution in [0.3, 0.4) is 0 Å². The summed E-state index contributed by atoms with van der Waals surface area (Å²) in [5.41, 5.74) is 2.21. The molecule has 0 unspecified atom stereocenters. The molecular weight excluding hydrogens is 228 g/mol. The third-order valence-corrected chi connectivity index (χ3v) is 3.21. The van der Waals surface area contributed by atoms with Crippen LogP contribution >= 0.6 is 0 Å². The van der Waals surface area contributed by atoms with Crippen LogP contribution in [-0.4, -0.2) is 27.7 Å². The molecule has 0 N–H and O–H groups in total. The zero-order valence-electron chi connectivity index (χ0n) is 11.2. The van der Waals surface area contributed by atoms with Crippen molar-refractivity contribution in [1.29, 1.82) is 0 Å². The van der Waals surface area contributed by atoms with Crippen molar-refractivity contribution in [3.8, 4) is 0 Å². The Morgan fingerprint density at radius 2 is 1.89 bits per heavy atom. The van der Waals surface area contributed by atoms with Gasteiger partial charge >= 0.3 is 0 Å². The molecule has 18 heavy (non-hydrogen) atoms. The lowest BCUT2D eigenvalue weighted by Crippen LogP contribution is -2.46. The van der Waals surface area contributed by atoms with E-state index in [-0.39, 0.29) is 24.3 Å². The molecule has 0 spiro atoms. The van der Waals surface area contributed by atoms with Crippen molar-refractivity contribution < 1.29 is 9.59 Å². The maximum absolute atomic E-state index is 12.3. The van der Waals surface area contributed by atoms with Gasteiger partial charge in [0.25, 0.3) is 5.91 Å². The van der Waals surface area contributed by atoms with E-state index in [0.717, 1.165) is 5.56 Å². The standard InChI is InChI=1S/C14H18N2O2/c1-8(2)10-5-11-12(15-7-10)6-13(17)16(9(3)4)14(11)18/h5,7-9H,6H2,1-4H3. The Labute approximate surface area is 107 Å². The lowest BCUT2D eigenvalue weighted by Gasteiger charge is -2.29. The first-order valence-corrected chi connectivity index (χ1v) is 6.27. The second-order valence-electron chi connectivity index (χ2n) is 5.26. The average Bonchev–Trinajstić information content (AvgIpc) is 2.27. The minimum Gasteiger partial charge on any atom is -0.276 e. The van der Waals surface area contributed by atoms with Gasteiger partial charge in [-0.15, -0.1) is 0 Å². The number of aromatic nitrogens is 1. The molecule has 2 heterocycles. The van der Waals surface area contributed by atoms with Crippen LogP contribution in [0, 0.1) is 0 Å². The number of pyridine rings is 1. The molecule has 4 nitrogen and oxygen atoms in total. The fraction of sp³-hybridized carbons (Fsp3) is 0.500. The highest BCUT2D eigenvalue weighted by Crippen LogP contribution is 2.23. The van der Waals surface area contributed by atoms with Gasteiger partial charge in [-0.25, -0.2) is 0 Å². The Bertz CT molecular complexity index is 507. The summed E-state index contributed by atoms with van der Waals surface area (Å²) >= 11 is 0. The predicted octanol–water partition coefficient (Wildman–Crippen LogP) is 2.14. The molecule has 0 fully saturated rings. The SMILES string of the molecule is CC(C)c1cnc2c(c1)C(=O)N(C(C)C)C(=O)C2. The van der Waals surface area contributed by atoms with E-state index in [1.54, 1.807) is 6.20 Å². The molecule has 0 radical (unpaired) electrons. The van der Waals surface area contributed by atoms with E-state index in [9.17, 15) is 9.59 Å². The van der Waals surface area contributed by atoms with Crippen molar-refractivity contribution in [2.45, 2.75) is 46.1 Å². The summed E-state index contributed by atoms with van der Waals surface area (Å²) in [6.45, 7) is 7.81. The van der Waals surface area contributed by atoms with Gasteiger partial charge in [0.15, 0.2) is 0 Å². The van der Waals surface area contributed by atoms with Crippen LogP contribution in [0.1, 0.15) is 55.2 Å². The van der Waals surface area contributed by atoms with E-state index in [1.165, 1.54) is 4.90 Å². The van der Waals surface area contributed by atoms with E-state index < -0.39 is 0 Å². The third-order valence-electron chi connectivity index (χ3n) is 3.21. The summed E-state index contributed by atoms with van der Waals surface area (Å²) in [5, 5.41) is 0. The Balaban J connectivity index is 2.48. The Hall–Kier alpha value is -1.71. The highest BCUT2D eigenvalue weighted by molar-refractivity contribution is 6.09. The van der Waals surface area contributed by atoms with Gasteiger partial charge < -0.3 is 0 Å². The molecule has 0 saturated carbocycles. The van der Waals surface area contributed by atoms with Crippen molar-refractivity contribution in [2.75, 3.05) is 0 Å². The highest BCUT2D eigenvalue weighted by atomic mass is 16.2. The van der Waals surface area contributed by atoms with Gasteiger partial charge in [-0.05, 0) is 31.4 Å². The number of amides is 2. The van der Waals surface area contributed by atoms with Crippen molar-refractivity contribution in [3.63, 3.8) is 0 Å². The zero-order chi connectivity index (χ0) is 13.4. The van der Waals surface area contributed by atoms with Gasteiger partial charge in [-0.2, -0.15) is 0 Å². The first kappa shape index (κ1) is 12.7. The normalized spacial score (nSPS) is 15.6. The van der Waals surface area contributed by atoms with Crippen molar-refractivity contribution in [3.05, 3.63) is 29.1 Å². The lowest BCUT2D eigenvalue weighted by atomic mass is 9.97. The lowest BCUT2D eigenvalue weighted by molar-refractivity contribution is -0.129. The van der Waals surface area contributed by atoms with Crippen molar-refractivity contribution in [2.24, 2.45) is 0 Å². The van der Waals surface area contributed by atoms with E-state index in [4.69, 9.17) is 0 Å². The number of hydrogen-bond acceptors (Lipinski definition) is 3. The number of imide groups is 1. The fourth-order valence-electron chi connectivity index (χ4n) is 2.14. The molecular formula is C14H18N2O2. The van der Waals surface area contributed by atoms with E-state index in [1.807, 2.05) is 19.9 Å². The number of rotatable bonds is 2. The van der Waals surface area contributed by atoms with Crippen LogP contribution in [0.2, 0.25) is 0 Å². The zero-order valence-corrected chi connectivity index (χ0v) is 11.2. The molecule has 1 aliphatic rings. The van der Waals surface area contributed by atoms with Crippen LogP contribution in [-0.2, 0) is 11.2 Å². The molecule has 0 saturated heterocycles. The molecule has 1 aromatic rings. The second kappa shape index (κ2) is 4.52. The van der Waals surface area contributed by atoms with Crippen LogP contribution in [0.4, 0.5) is 0 Å². The van der Waals surface area contributed by atoms with Gasteiger partial charge in [0.2, 0.25) is 5.91 Å². The maximum Gasteiger partial charge on any atom is 0.262 e. The molecule has 2 amide bonds. The molecule has 1 aromatic heterocycles. The minimum atomic E-state index is -0.216. The van der Waals surface area contributed by atoms with Gasteiger partial charge in [0.05, 0.1) is 17.7 Å². The number of hydrogen-bond donors (Lipinski definition) is 0. The Morgan fingerprint density at radius 3 is 2.44 bits per heavy atom. The predicted molar refractivity (Wildman–Crippen MR) is 68.3 cm³/mol. The summed E-state index contributed by atoms with van der Waals surface area (Å²) in [5.74, 6) is -0.0562. The van der Waals surface area contributed by atoms with E-state index >= 15 is 0 Å². The summed E-state index contributed by atoms with van der Waals surface area (Å²) in [6.07, 6.45) is 1.98. The van der Waals surface area contributed by atoms with Crippen molar-refractivity contribution >= 4 is 11.8 Å². The van der Waals surface area contributed by atoms with Crippen LogP contribution in [0.25, 0.3) is 0 Å². The number of carbonyl (C=O) groups is 2. The Morgan fingerprint density at radius 1 is 1.22 bits per heavy atom. The van der Waals surface area contributed by atoms with E-state index in [2.05, 4.69) is 18.8 Å². The summed E-state index contributed by atoms with van der Waals surface area (Å²) in [6, 6.07) is 1.76. The molecule has 1 aliphatic heterocycles. The van der Waals surface area contributed by atoms with Gasteiger partial charge in [-0.1, -0.05) is 13.8 Å². The number of carbonyl (C=O) groups excluding carboxylic acids is 2. The smallest absolute Gasteiger partial charge is 0.262 e. The molecule has 4 heteroatoms. The maximum atomic E-state index is 12.3. The van der Waals surface area contributed by atoms with Crippen molar-refractivity contribution in [1.82, 2.24) is 9.88 Å². The first-order chi connectivity index (χ1) is 8.41. The summed E-state index contributed by atoms with van der Waals surface area (Å²) in [7, 11) is 0.